The van der Waals surface area contributed by atoms with Crippen molar-refractivity contribution in [2.45, 2.75) is 13.8 Å². The molecule has 0 saturated heterocycles. The number of carboxylic acids is 1. The maximum absolute atomic E-state index is 10.8. The van der Waals surface area contributed by atoms with Crippen LogP contribution in [0.15, 0.2) is 28.7 Å². The first-order valence-electron chi connectivity index (χ1n) is 5.85. The van der Waals surface area contributed by atoms with E-state index in [4.69, 9.17) is 9.52 Å². The Kier molecular flexibility index (Phi) is 2.41. The van der Waals surface area contributed by atoms with Crippen LogP contribution in [-0.2, 0) is 0 Å². The fraction of sp³-hybridized carbons (Fsp3) is 0.143. The molecular formula is C14H12N2O3. The van der Waals surface area contributed by atoms with Crippen LogP contribution in [0.2, 0.25) is 0 Å². The Morgan fingerprint density at radius 1 is 1.32 bits per heavy atom. The highest BCUT2D eigenvalue weighted by atomic mass is 16.4. The van der Waals surface area contributed by atoms with Gasteiger partial charge in [-0.1, -0.05) is 0 Å². The molecule has 0 saturated carbocycles. The third-order valence-corrected chi connectivity index (χ3v) is 3.28. The van der Waals surface area contributed by atoms with E-state index in [0.29, 0.717) is 5.69 Å². The van der Waals surface area contributed by atoms with Gasteiger partial charge in [-0.25, -0.2) is 4.79 Å². The number of fused-ring (bicyclic) bond motifs is 1. The van der Waals surface area contributed by atoms with Crippen molar-refractivity contribution in [3.8, 4) is 11.3 Å². The number of aromatic nitrogens is 2. The summed E-state index contributed by atoms with van der Waals surface area (Å²) < 4.78 is 5.61. The van der Waals surface area contributed by atoms with Gasteiger partial charge in [0.1, 0.15) is 17.0 Å². The highest BCUT2D eigenvalue weighted by Gasteiger charge is 2.12. The SMILES string of the molecule is Cc1oc2ccc(-c3cc(C(=O)O)[nH]n3)cc2c1C. The number of carboxylic acid groups (broad SMARTS) is 1. The first-order chi connectivity index (χ1) is 9.06. The Hall–Kier alpha value is -2.56. The summed E-state index contributed by atoms with van der Waals surface area (Å²) in [5.41, 5.74) is 3.46. The normalized spacial score (nSPS) is 11.1. The number of aromatic amines is 1. The summed E-state index contributed by atoms with van der Waals surface area (Å²) in [5, 5.41) is 16.4. The quantitative estimate of drug-likeness (QED) is 0.738. The first-order valence-corrected chi connectivity index (χ1v) is 5.85. The van der Waals surface area contributed by atoms with Crippen LogP contribution in [0.25, 0.3) is 22.2 Å². The van der Waals surface area contributed by atoms with Crippen LogP contribution in [0.5, 0.6) is 0 Å². The van der Waals surface area contributed by atoms with Crippen molar-refractivity contribution in [2.75, 3.05) is 0 Å². The van der Waals surface area contributed by atoms with Crippen molar-refractivity contribution < 1.29 is 14.3 Å². The van der Waals surface area contributed by atoms with Crippen LogP contribution in [0.4, 0.5) is 0 Å². The Bertz CT molecular complexity index is 783. The highest BCUT2D eigenvalue weighted by molar-refractivity contribution is 5.89. The Labute approximate surface area is 108 Å². The van der Waals surface area contributed by atoms with Gasteiger partial charge in [-0.15, -0.1) is 0 Å². The minimum atomic E-state index is -1.02. The van der Waals surface area contributed by atoms with E-state index in [9.17, 15) is 4.79 Å². The van der Waals surface area contributed by atoms with E-state index < -0.39 is 5.97 Å². The molecular weight excluding hydrogens is 244 g/mol. The van der Waals surface area contributed by atoms with Gasteiger partial charge in [-0.3, -0.25) is 5.10 Å². The number of aromatic carboxylic acids is 1. The second-order valence-electron chi connectivity index (χ2n) is 4.47. The lowest BCUT2D eigenvalue weighted by atomic mass is 10.1. The second-order valence-corrected chi connectivity index (χ2v) is 4.47. The Morgan fingerprint density at radius 2 is 2.11 bits per heavy atom. The van der Waals surface area contributed by atoms with Crippen molar-refractivity contribution in [1.82, 2.24) is 10.2 Å². The molecule has 0 atom stereocenters. The molecule has 3 aromatic rings. The highest BCUT2D eigenvalue weighted by Crippen LogP contribution is 2.29. The number of rotatable bonds is 2. The van der Waals surface area contributed by atoms with Crippen LogP contribution in [0.1, 0.15) is 21.8 Å². The minimum Gasteiger partial charge on any atom is -0.477 e. The number of carbonyl (C=O) groups is 1. The van der Waals surface area contributed by atoms with Crippen molar-refractivity contribution in [3.05, 3.63) is 41.3 Å². The summed E-state index contributed by atoms with van der Waals surface area (Å²) >= 11 is 0. The maximum Gasteiger partial charge on any atom is 0.353 e. The molecule has 0 unspecified atom stereocenters. The zero-order valence-electron chi connectivity index (χ0n) is 10.5. The third-order valence-electron chi connectivity index (χ3n) is 3.28. The smallest absolute Gasteiger partial charge is 0.353 e. The Balaban J connectivity index is 2.14. The van der Waals surface area contributed by atoms with Crippen molar-refractivity contribution >= 4 is 16.9 Å². The molecule has 0 aliphatic rings. The molecule has 5 nitrogen and oxygen atoms in total. The van der Waals surface area contributed by atoms with Gasteiger partial charge < -0.3 is 9.52 Å². The molecule has 0 radical (unpaired) electrons. The summed E-state index contributed by atoms with van der Waals surface area (Å²) in [6.45, 7) is 3.92. The summed E-state index contributed by atoms with van der Waals surface area (Å²) in [7, 11) is 0. The number of nitrogens with zero attached hydrogens (tertiary/aromatic N) is 1. The monoisotopic (exact) mass is 256 g/mol. The number of hydrogen-bond donors (Lipinski definition) is 2. The second kappa shape index (κ2) is 3.98. The molecule has 2 heterocycles. The predicted octanol–water partition coefficient (Wildman–Crippen LogP) is 3.14. The van der Waals surface area contributed by atoms with Crippen molar-refractivity contribution in [1.29, 1.82) is 0 Å². The number of aryl methyl sites for hydroxylation is 2. The zero-order valence-corrected chi connectivity index (χ0v) is 10.5. The van der Waals surface area contributed by atoms with Gasteiger partial charge in [0.2, 0.25) is 0 Å². The molecule has 2 N–H and O–H groups in total. The van der Waals surface area contributed by atoms with Crippen molar-refractivity contribution in [2.24, 2.45) is 0 Å². The summed E-state index contributed by atoms with van der Waals surface area (Å²) in [4.78, 5) is 10.8. The predicted molar refractivity (Wildman–Crippen MR) is 70.2 cm³/mol. The van der Waals surface area contributed by atoms with Crippen LogP contribution >= 0.6 is 0 Å². The lowest BCUT2D eigenvalue weighted by Crippen LogP contribution is -1.95. The van der Waals surface area contributed by atoms with Crippen LogP contribution in [0, 0.1) is 13.8 Å². The average Bonchev–Trinajstić information content (AvgIpc) is 2.96. The maximum atomic E-state index is 10.8. The molecule has 96 valence electrons. The average molecular weight is 256 g/mol. The van der Waals surface area contributed by atoms with Gasteiger partial charge in [0.25, 0.3) is 0 Å². The fourth-order valence-electron chi connectivity index (χ4n) is 2.08. The van der Waals surface area contributed by atoms with E-state index in [0.717, 1.165) is 27.9 Å². The molecule has 0 fully saturated rings. The lowest BCUT2D eigenvalue weighted by molar-refractivity contribution is 0.0690. The van der Waals surface area contributed by atoms with E-state index >= 15 is 0 Å². The molecule has 0 amide bonds. The van der Waals surface area contributed by atoms with Crippen LogP contribution < -0.4 is 0 Å². The lowest BCUT2D eigenvalue weighted by Gasteiger charge is -1.96. The van der Waals surface area contributed by atoms with E-state index in [-0.39, 0.29) is 5.69 Å². The van der Waals surface area contributed by atoms with Gasteiger partial charge in [-0.05, 0) is 43.7 Å². The van der Waals surface area contributed by atoms with Crippen molar-refractivity contribution in [3.63, 3.8) is 0 Å². The van der Waals surface area contributed by atoms with Gasteiger partial charge in [0.15, 0.2) is 0 Å². The molecule has 1 aromatic carbocycles. The van der Waals surface area contributed by atoms with E-state index in [1.165, 1.54) is 6.07 Å². The Morgan fingerprint density at radius 3 is 2.79 bits per heavy atom. The number of benzene rings is 1. The minimum absolute atomic E-state index is 0.0789. The fourth-order valence-corrected chi connectivity index (χ4v) is 2.08. The van der Waals surface area contributed by atoms with E-state index in [2.05, 4.69) is 10.2 Å². The van der Waals surface area contributed by atoms with Gasteiger partial charge in [0.05, 0.1) is 5.69 Å². The van der Waals surface area contributed by atoms with Gasteiger partial charge in [0, 0.05) is 10.9 Å². The standard InChI is InChI=1S/C14H12N2O3/c1-7-8(2)19-13-4-3-9(5-10(7)13)11-6-12(14(17)18)16-15-11/h3-6H,1-2H3,(H,15,16)(H,17,18). The van der Waals surface area contributed by atoms with E-state index in [1.54, 1.807) is 0 Å². The van der Waals surface area contributed by atoms with Gasteiger partial charge in [-0.2, -0.15) is 5.10 Å². The molecule has 19 heavy (non-hydrogen) atoms. The van der Waals surface area contributed by atoms with E-state index in [1.807, 2.05) is 32.0 Å². The molecule has 2 aromatic heterocycles. The topological polar surface area (TPSA) is 79.1 Å². The molecule has 3 rings (SSSR count). The van der Waals surface area contributed by atoms with Crippen LogP contribution in [0.3, 0.4) is 0 Å². The summed E-state index contributed by atoms with van der Waals surface area (Å²) in [6, 6.07) is 7.22. The largest absolute Gasteiger partial charge is 0.477 e. The first kappa shape index (κ1) is 11.5. The zero-order chi connectivity index (χ0) is 13.6. The molecule has 5 heteroatoms. The number of hydrogen-bond acceptors (Lipinski definition) is 3. The number of nitrogens with one attached hydrogen (secondary N) is 1. The van der Waals surface area contributed by atoms with Crippen LogP contribution in [-0.4, -0.2) is 21.3 Å². The molecule has 0 spiro atoms. The molecule has 0 aliphatic carbocycles. The third kappa shape index (κ3) is 1.79. The van der Waals surface area contributed by atoms with Gasteiger partial charge >= 0.3 is 5.97 Å². The molecule has 0 aliphatic heterocycles. The summed E-state index contributed by atoms with van der Waals surface area (Å²) in [6.07, 6.45) is 0. The summed E-state index contributed by atoms with van der Waals surface area (Å²) in [5.74, 6) is -0.129. The number of furan rings is 1. The number of H-pyrrole nitrogens is 1. The molecule has 0 bridgehead atoms.